The van der Waals surface area contributed by atoms with Crippen molar-refractivity contribution in [2.75, 3.05) is 23.3 Å². The fourth-order valence-corrected chi connectivity index (χ4v) is 3.98. The Balaban J connectivity index is 1.56. The van der Waals surface area contributed by atoms with E-state index in [1.54, 1.807) is 0 Å². The number of nitrogens with one attached hydrogen (secondary N) is 2. The summed E-state index contributed by atoms with van der Waals surface area (Å²) in [6, 6.07) is 14.6. The quantitative estimate of drug-likeness (QED) is 0.771. The highest BCUT2D eigenvalue weighted by Gasteiger charge is 2.22. The third-order valence-corrected chi connectivity index (χ3v) is 5.07. The Kier molecular flexibility index (Phi) is 6.09. The van der Waals surface area contributed by atoms with Crippen LogP contribution in [0.2, 0.25) is 0 Å². The number of hydrogen-bond acceptors (Lipinski definition) is 3. The molecule has 2 N–H and O–H groups in total. The SMILES string of the molecule is C[C@@H]1C[C@@H](C)CN(c2ccc(NC(=S)N[C@H](C)c3ccccc3)cn2)C1. The number of rotatable bonds is 4. The zero-order valence-corrected chi connectivity index (χ0v) is 16.6. The van der Waals surface area contributed by atoms with E-state index in [0.717, 1.165) is 36.4 Å². The Labute approximate surface area is 162 Å². The summed E-state index contributed by atoms with van der Waals surface area (Å²) < 4.78 is 0. The van der Waals surface area contributed by atoms with Gasteiger partial charge in [-0.05, 0) is 55.1 Å². The summed E-state index contributed by atoms with van der Waals surface area (Å²) in [5.41, 5.74) is 2.11. The average molecular weight is 369 g/mol. The highest BCUT2D eigenvalue weighted by molar-refractivity contribution is 7.80. The summed E-state index contributed by atoms with van der Waals surface area (Å²) in [4.78, 5) is 7.02. The van der Waals surface area contributed by atoms with Gasteiger partial charge in [0.25, 0.3) is 0 Å². The zero-order valence-electron chi connectivity index (χ0n) is 15.8. The lowest BCUT2D eigenvalue weighted by Crippen LogP contribution is -2.39. The maximum Gasteiger partial charge on any atom is 0.171 e. The van der Waals surface area contributed by atoms with Crippen LogP contribution < -0.4 is 15.5 Å². The van der Waals surface area contributed by atoms with Gasteiger partial charge in [0.15, 0.2) is 5.11 Å². The predicted molar refractivity (Wildman–Crippen MR) is 114 cm³/mol. The van der Waals surface area contributed by atoms with Crippen molar-refractivity contribution in [3.8, 4) is 0 Å². The standard InChI is InChI=1S/C21H28N4S/c1-15-11-16(2)14-25(13-15)20-10-9-19(12-22-20)24-21(26)23-17(3)18-7-5-4-6-8-18/h4-10,12,15-17H,11,13-14H2,1-3H3,(H2,23,24,26)/t15-,16-,17-/m1/s1. The van der Waals surface area contributed by atoms with E-state index >= 15 is 0 Å². The summed E-state index contributed by atoms with van der Waals surface area (Å²) in [5.74, 6) is 2.48. The van der Waals surface area contributed by atoms with E-state index in [1.165, 1.54) is 12.0 Å². The Morgan fingerprint density at radius 3 is 2.42 bits per heavy atom. The molecule has 138 valence electrons. The number of piperidine rings is 1. The lowest BCUT2D eigenvalue weighted by molar-refractivity contribution is 0.355. The van der Waals surface area contributed by atoms with Crippen molar-refractivity contribution in [3.63, 3.8) is 0 Å². The van der Waals surface area contributed by atoms with Crippen LogP contribution in [-0.4, -0.2) is 23.2 Å². The Morgan fingerprint density at radius 1 is 1.12 bits per heavy atom. The van der Waals surface area contributed by atoms with Crippen molar-refractivity contribution >= 4 is 28.8 Å². The van der Waals surface area contributed by atoms with Gasteiger partial charge >= 0.3 is 0 Å². The third-order valence-electron chi connectivity index (χ3n) is 4.85. The molecular weight excluding hydrogens is 340 g/mol. The zero-order chi connectivity index (χ0) is 18.5. The third kappa shape index (κ3) is 4.94. The summed E-state index contributed by atoms with van der Waals surface area (Å²) in [7, 11) is 0. The smallest absolute Gasteiger partial charge is 0.171 e. The van der Waals surface area contributed by atoms with E-state index in [0.29, 0.717) is 5.11 Å². The summed E-state index contributed by atoms with van der Waals surface area (Å²) in [6.45, 7) is 8.90. The maximum atomic E-state index is 5.44. The molecule has 1 fully saturated rings. The number of benzene rings is 1. The largest absolute Gasteiger partial charge is 0.356 e. The Bertz CT molecular complexity index is 707. The minimum Gasteiger partial charge on any atom is -0.356 e. The monoisotopic (exact) mass is 368 g/mol. The second kappa shape index (κ2) is 8.49. The van der Waals surface area contributed by atoms with Crippen molar-refractivity contribution in [2.45, 2.75) is 33.2 Å². The Hall–Kier alpha value is -2.14. The highest BCUT2D eigenvalue weighted by atomic mass is 32.1. The van der Waals surface area contributed by atoms with E-state index < -0.39 is 0 Å². The van der Waals surface area contributed by atoms with Gasteiger partial charge in [0.05, 0.1) is 17.9 Å². The predicted octanol–water partition coefficient (Wildman–Crippen LogP) is 4.61. The van der Waals surface area contributed by atoms with Crippen LogP contribution in [-0.2, 0) is 0 Å². The molecule has 1 aliphatic rings. The van der Waals surface area contributed by atoms with Gasteiger partial charge in [-0.3, -0.25) is 0 Å². The van der Waals surface area contributed by atoms with Crippen LogP contribution in [0.1, 0.15) is 38.8 Å². The van der Waals surface area contributed by atoms with Gasteiger partial charge in [-0.15, -0.1) is 0 Å². The molecule has 3 atom stereocenters. The van der Waals surface area contributed by atoms with E-state index in [1.807, 2.05) is 30.5 Å². The molecule has 0 saturated carbocycles. The van der Waals surface area contributed by atoms with Crippen molar-refractivity contribution in [1.82, 2.24) is 10.3 Å². The first-order chi connectivity index (χ1) is 12.5. The molecule has 0 radical (unpaired) electrons. The molecule has 3 rings (SSSR count). The van der Waals surface area contributed by atoms with E-state index in [9.17, 15) is 0 Å². The molecule has 2 aromatic rings. The van der Waals surface area contributed by atoms with Crippen LogP contribution in [0.4, 0.5) is 11.5 Å². The fraction of sp³-hybridized carbons (Fsp3) is 0.429. The van der Waals surface area contributed by atoms with Crippen LogP contribution in [0, 0.1) is 11.8 Å². The van der Waals surface area contributed by atoms with Gasteiger partial charge in [0, 0.05) is 13.1 Å². The van der Waals surface area contributed by atoms with Gasteiger partial charge in [0.1, 0.15) is 5.82 Å². The number of pyridine rings is 1. The number of anilines is 2. The van der Waals surface area contributed by atoms with Crippen LogP contribution in [0.25, 0.3) is 0 Å². The second-order valence-corrected chi connectivity index (χ2v) is 7.90. The van der Waals surface area contributed by atoms with Gasteiger partial charge < -0.3 is 15.5 Å². The maximum absolute atomic E-state index is 5.44. The Morgan fingerprint density at radius 2 is 1.81 bits per heavy atom. The van der Waals surface area contributed by atoms with Crippen molar-refractivity contribution in [1.29, 1.82) is 0 Å². The minimum atomic E-state index is 0.153. The average Bonchev–Trinajstić information content (AvgIpc) is 2.62. The number of hydrogen-bond donors (Lipinski definition) is 2. The molecule has 1 aromatic heterocycles. The molecule has 0 spiro atoms. The van der Waals surface area contributed by atoms with Crippen molar-refractivity contribution in [2.24, 2.45) is 11.8 Å². The van der Waals surface area contributed by atoms with Crippen LogP contribution in [0.5, 0.6) is 0 Å². The first kappa shape index (κ1) is 18.6. The lowest BCUT2D eigenvalue weighted by atomic mass is 9.92. The van der Waals surface area contributed by atoms with Crippen LogP contribution in [0.15, 0.2) is 48.7 Å². The second-order valence-electron chi connectivity index (χ2n) is 7.49. The van der Waals surface area contributed by atoms with Gasteiger partial charge in [-0.2, -0.15) is 0 Å². The molecule has 0 aliphatic carbocycles. The van der Waals surface area contributed by atoms with Crippen LogP contribution >= 0.6 is 12.2 Å². The van der Waals surface area contributed by atoms with Crippen molar-refractivity contribution < 1.29 is 0 Å². The fourth-order valence-electron chi connectivity index (χ4n) is 3.69. The first-order valence-corrected chi connectivity index (χ1v) is 9.75. The highest BCUT2D eigenvalue weighted by Crippen LogP contribution is 2.25. The molecule has 2 heterocycles. The molecular formula is C21H28N4S. The van der Waals surface area contributed by atoms with Gasteiger partial charge in [-0.1, -0.05) is 44.2 Å². The molecule has 1 aromatic carbocycles. The summed E-state index contributed by atoms with van der Waals surface area (Å²) in [5, 5.41) is 7.15. The van der Waals surface area contributed by atoms with E-state index in [-0.39, 0.29) is 6.04 Å². The number of aromatic nitrogens is 1. The molecule has 26 heavy (non-hydrogen) atoms. The first-order valence-electron chi connectivity index (χ1n) is 9.34. The van der Waals surface area contributed by atoms with Crippen LogP contribution in [0.3, 0.4) is 0 Å². The molecule has 0 unspecified atom stereocenters. The van der Waals surface area contributed by atoms with E-state index in [2.05, 4.69) is 59.5 Å². The summed E-state index contributed by atoms with van der Waals surface area (Å²) in [6.07, 6.45) is 3.16. The lowest BCUT2D eigenvalue weighted by Gasteiger charge is -2.35. The normalized spacial score (nSPS) is 21.1. The number of nitrogens with zero attached hydrogens (tertiary/aromatic N) is 2. The molecule has 1 saturated heterocycles. The molecule has 5 heteroatoms. The molecule has 0 bridgehead atoms. The topological polar surface area (TPSA) is 40.2 Å². The molecule has 0 amide bonds. The van der Waals surface area contributed by atoms with Gasteiger partial charge in [0.2, 0.25) is 0 Å². The van der Waals surface area contributed by atoms with E-state index in [4.69, 9.17) is 12.2 Å². The van der Waals surface area contributed by atoms with Crippen molar-refractivity contribution in [3.05, 3.63) is 54.2 Å². The number of thiocarbonyl (C=S) groups is 1. The summed E-state index contributed by atoms with van der Waals surface area (Å²) >= 11 is 5.44. The van der Waals surface area contributed by atoms with Gasteiger partial charge in [-0.25, -0.2) is 4.98 Å². The molecule has 4 nitrogen and oxygen atoms in total. The molecule has 1 aliphatic heterocycles. The minimum absolute atomic E-state index is 0.153.